The van der Waals surface area contributed by atoms with Gasteiger partial charge in [0, 0.05) is 20.0 Å². The summed E-state index contributed by atoms with van der Waals surface area (Å²) in [5, 5.41) is 10.9. The number of carbonyl (C=O) groups is 2. The van der Waals surface area contributed by atoms with Crippen LogP contribution in [0.5, 0.6) is 0 Å². The molecule has 0 bridgehead atoms. The highest BCUT2D eigenvalue weighted by Gasteiger charge is 2.36. The van der Waals surface area contributed by atoms with Gasteiger partial charge in [-0.3, -0.25) is 9.69 Å². The molecule has 10 heteroatoms. The highest BCUT2D eigenvalue weighted by Crippen LogP contribution is 2.25. The number of cyclic esters (lactones) is 1. The second-order valence-corrected chi connectivity index (χ2v) is 4.94. The van der Waals surface area contributed by atoms with Crippen LogP contribution in [0, 0.1) is 5.82 Å². The molecular formula is C13H13FN6O3. The SMILES string of the molecule is CC(=O)N(C)C1CN(c2ccc(-n3ncnn3)c(F)c2)C(=O)O1. The topological polar surface area (TPSA) is 93.5 Å². The number of rotatable bonds is 3. The van der Waals surface area contributed by atoms with Crippen LogP contribution in [0.25, 0.3) is 5.69 Å². The molecule has 1 saturated heterocycles. The average Bonchev–Trinajstić information content (AvgIpc) is 3.15. The third-order valence-electron chi connectivity index (χ3n) is 3.53. The summed E-state index contributed by atoms with van der Waals surface area (Å²) in [6, 6.07) is 4.15. The fourth-order valence-electron chi connectivity index (χ4n) is 2.17. The van der Waals surface area contributed by atoms with Gasteiger partial charge in [-0.25, -0.2) is 9.18 Å². The maximum Gasteiger partial charge on any atom is 0.416 e. The van der Waals surface area contributed by atoms with Gasteiger partial charge in [0.1, 0.15) is 5.69 Å². The van der Waals surface area contributed by atoms with Gasteiger partial charge in [0.15, 0.2) is 18.4 Å². The van der Waals surface area contributed by atoms with E-state index in [1.807, 2.05) is 0 Å². The third-order valence-corrected chi connectivity index (χ3v) is 3.53. The second-order valence-electron chi connectivity index (χ2n) is 4.94. The number of benzene rings is 1. The van der Waals surface area contributed by atoms with Crippen LogP contribution in [0.1, 0.15) is 6.92 Å². The Kier molecular flexibility index (Phi) is 3.64. The van der Waals surface area contributed by atoms with E-state index in [0.717, 1.165) is 4.80 Å². The van der Waals surface area contributed by atoms with Crippen LogP contribution >= 0.6 is 0 Å². The maximum absolute atomic E-state index is 14.2. The zero-order chi connectivity index (χ0) is 16.6. The molecule has 9 nitrogen and oxygen atoms in total. The van der Waals surface area contributed by atoms with Crippen molar-refractivity contribution in [3.63, 3.8) is 0 Å². The van der Waals surface area contributed by atoms with Crippen LogP contribution in [0.2, 0.25) is 0 Å². The molecule has 1 fully saturated rings. The minimum atomic E-state index is -0.709. The molecule has 2 amide bonds. The first-order chi connectivity index (χ1) is 11.0. The second kappa shape index (κ2) is 5.63. The molecule has 2 heterocycles. The van der Waals surface area contributed by atoms with Crippen molar-refractivity contribution >= 4 is 17.7 Å². The predicted molar refractivity (Wildman–Crippen MR) is 75.2 cm³/mol. The minimum Gasteiger partial charge on any atom is -0.423 e. The van der Waals surface area contributed by atoms with Crippen LogP contribution < -0.4 is 4.90 Å². The van der Waals surface area contributed by atoms with Gasteiger partial charge in [0.2, 0.25) is 5.91 Å². The predicted octanol–water partition coefficient (Wildman–Crippen LogP) is 0.562. The van der Waals surface area contributed by atoms with Gasteiger partial charge < -0.3 is 9.64 Å². The Bertz CT molecular complexity index is 750. The lowest BCUT2D eigenvalue weighted by atomic mass is 10.2. The molecule has 1 aromatic carbocycles. The van der Waals surface area contributed by atoms with Gasteiger partial charge in [0.25, 0.3) is 0 Å². The van der Waals surface area contributed by atoms with E-state index < -0.39 is 18.1 Å². The summed E-state index contributed by atoms with van der Waals surface area (Å²) in [4.78, 5) is 26.9. The molecule has 2 aromatic rings. The minimum absolute atomic E-state index is 0.108. The van der Waals surface area contributed by atoms with Crippen molar-refractivity contribution in [1.82, 2.24) is 25.1 Å². The summed E-state index contributed by atoms with van der Waals surface area (Å²) in [7, 11) is 1.53. The molecule has 1 atom stereocenters. The lowest BCUT2D eigenvalue weighted by Crippen LogP contribution is -2.38. The summed E-state index contributed by atoms with van der Waals surface area (Å²) in [5.74, 6) is -0.847. The lowest BCUT2D eigenvalue weighted by Gasteiger charge is -2.20. The number of halogens is 1. The van der Waals surface area contributed by atoms with E-state index in [0.29, 0.717) is 5.69 Å². The molecule has 0 aliphatic carbocycles. The molecular weight excluding hydrogens is 307 g/mol. The number of tetrazole rings is 1. The van der Waals surface area contributed by atoms with Crippen molar-refractivity contribution in [3.05, 3.63) is 30.3 Å². The first-order valence-corrected chi connectivity index (χ1v) is 6.72. The molecule has 0 spiro atoms. The van der Waals surface area contributed by atoms with Crippen molar-refractivity contribution in [2.75, 3.05) is 18.5 Å². The molecule has 1 aliphatic heterocycles. The summed E-state index contributed by atoms with van der Waals surface area (Å²) in [6.07, 6.45) is -0.165. The van der Waals surface area contributed by atoms with E-state index >= 15 is 0 Å². The van der Waals surface area contributed by atoms with Crippen LogP contribution in [0.3, 0.4) is 0 Å². The molecule has 3 rings (SSSR count). The smallest absolute Gasteiger partial charge is 0.416 e. The molecule has 120 valence electrons. The van der Waals surface area contributed by atoms with Gasteiger partial charge in [-0.2, -0.15) is 0 Å². The van der Waals surface area contributed by atoms with Crippen molar-refractivity contribution < 1.29 is 18.7 Å². The van der Waals surface area contributed by atoms with Gasteiger partial charge in [-0.05, 0) is 17.3 Å². The number of ether oxygens (including phenoxy) is 1. The summed E-state index contributed by atoms with van der Waals surface area (Å²) in [5.41, 5.74) is 0.423. The number of hydrogen-bond acceptors (Lipinski definition) is 6. The Hall–Kier alpha value is -3.04. The number of hydrogen-bond donors (Lipinski definition) is 0. The Labute approximate surface area is 130 Å². The summed E-state index contributed by atoms with van der Waals surface area (Å²) < 4.78 is 19.3. The van der Waals surface area contributed by atoms with Crippen LogP contribution in [-0.2, 0) is 9.53 Å². The summed E-state index contributed by atoms with van der Waals surface area (Å²) in [6.45, 7) is 1.49. The number of aromatic nitrogens is 4. The quantitative estimate of drug-likeness (QED) is 0.820. The molecule has 1 aliphatic rings. The Morgan fingerprint density at radius 2 is 2.26 bits per heavy atom. The van der Waals surface area contributed by atoms with Crippen molar-refractivity contribution in [2.45, 2.75) is 13.2 Å². The van der Waals surface area contributed by atoms with Crippen LogP contribution in [0.15, 0.2) is 24.5 Å². The number of likely N-dealkylation sites (N-methyl/N-ethyl adjacent to an activating group) is 1. The van der Waals surface area contributed by atoms with Crippen molar-refractivity contribution in [3.8, 4) is 5.69 Å². The average molecular weight is 320 g/mol. The van der Waals surface area contributed by atoms with E-state index in [4.69, 9.17) is 4.74 Å². The Balaban J connectivity index is 1.84. The van der Waals surface area contributed by atoms with Gasteiger partial charge >= 0.3 is 6.09 Å². The number of anilines is 1. The molecule has 0 radical (unpaired) electrons. The van der Waals surface area contributed by atoms with Crippen LogP contribution in [0.4, 0.5) is 14.9 Å². The Morgan fingerprint density at radius 3 is 2.87 bits per heavy atom. The van der Waals surface area contributed by atoms with Crippen LogP contribution in [-0.4, -0.2) is 56.9 Å². The van der Waals surface area contributed by atoms with Gasteiger partial charge in [0.05, 0.1) is 12.2 Å². The molecule has 1 aromatic heterocycles. The van der Waals surface area contributed by atoms with Crippen molar-refractivity contribution in [2.24, 2.45) is 0 Å². The molecule has 0 saturated carbocycles. The van der Waals surface area contributed by atoms with E-state index in [-0.39, 0.29) is 18.1 Å². The molecule has 23 heavy (non-hydrogen) atoms. The van der Waals surface area contributed by atoms with E-state index in [9.17, 15) is 14.0 Å². The largest absolute Gasteiger partial charge is 0.423 e. The lowest BCUT2D eigenvalue weighted by molar-refractivity contribution is -0.134. The maximum atomic E-state index is 14.2. The standard InChI is InChI=1S/C13H13FN6O3/c1-8(21)18(2)12-6-19(13(22)23-12)9-3-4-11(10(14)5-9)20-16-7-15-17-20/h3-5,7,12H,6H2,1-2H3. The molecule has 1 unspecified atom stereocenters. The first-order valence-electron chi connectivity index (χ1n) is 6.72. The zero-order valence-electron chi connectivity index (χ0n) is 12.4. The number of amides is 2. The molecule has 0 N–H and O–H groups in total. The monoisotopic (exact) mass is 320 g/mol. The first kappa shape index (κ1) is 14.9. The number of nitrogens with zero attached hydrogens (tertiary/aromatic N) is 6. The highest BCUT2D eigenvalue weighted by atomic mass is 19.1. The van der Waals surface area contributed by atoms with E-state index in [2.05, 4.69) is 15.4 Å². The van der Waals surface area contributed by atoms with Gasteiger partial charge in [-0.1, -0.05) is 0 Å². The van der Waals surface area contributed by atoms with E-state index in [1.54, 1.807) is 6.07 Å². The number of carbonyl (C=O) groups excluding carboxylic acids is 2. The highest BCUT2D eigenvalue weighted by molar-refractivity contribution is 5.90. The fraction of sp³-hybridized carbons (Fsp3) is 0.308. The fourth-order valence-corrected chi connectivity index (χ4v) is 2.17. The normalized spacial score (nSPS) is 17.3. The van der Waals surface area contributed by atoms with E-state index in [1.165, 1.54) is 42.2 Å². The third kappa shape index (κ3) is 2.70. The van der Waals surface area contributed by atoms with Gasteiger partial charge in [-0.15, -0.1) is 15.0 Å². The van der Waals surface area contributed by atoms with Crippen molar-refractivity contribution in [1.29, 1.82) is 0 Å². The Morgan fingerprint density at radius 1 is 1.48 bits per heavy atom. The zero-order valence-corrected chi connectivity index (χ0v) is 12.4. The summed E-state index contributed by atoms with van der Waals surface area (Å²) >= 11 is 0.